The molecule has 0 saturated carbocycles. The van der Waals surface area contributed by atoms with E-state index < -0.39 is 0 Å². The van der Waals surface area contributed by atoms with Gasteiger partial charge in [0, 0.05) is 69.3 Å². The first-order valence-corrected chi connectivity index (χ1v) is 10.8. The second-order valence-electron chi connectivity index (χ2n) is 8.19. The minimum atomic E-state index is 0.526. The van der Waals surface area contributed by atoms with Gasteiger partial charge in [-0.3, -0.25) is 4.98 Å². The summed E-state index contributed by atoms with van der Waals surface area (Å²) >= 11 is 12.4. The lowest BCUT2D eigenvalue weighted by Gasteiger charge is -2.18. The molecule has 0 fully saturated rings. The minimum absolute atomic E-state index is 0.526. The Hall–Kier alpha value is -2.33. The third kappa shape index (κ3) is 4.54. The van der Waals surface area contributed by atoms with Crippen molar-refractivity contribution >= 4 is 34.1 Å². The van der Waals surface area contributed by atoms with Crippen molar-refractivity contribution in [3.63, 3.8) is 0 Å². The molecular formula is C25H25Cl2N3. The first-order valence-electron chi connectivity index (χ1n) is 10.0. The molecule has 0 saturated heterocycles. The van der Waals surface area contributed by atoms with Gasteiger partial charge < -0.3 is 9.47 Å². The molecule has 1 atom stereocenters. The molecule has 30 heavy (non-hydrogen) atoms. The molecule has 154 valence electrons. The fraction of sp³-hybridized carbons (Fsp3) is 0.240. The predicted molar refractivity (Wildman–Crippen MR) is 128 cm³/mol. The van der Waals surface area contributed by atoms with Gasteiger partial charge in [0.15, 0.2) is 0 Å². The van der Waals surface area contributed by atoms with Gasteiger partial charge in [0.25, 0.3) is 0 Å². The van der Waals surface area contributed by atoms with Gasteiger partial charge in [-0.05, 0) is 62.0 Å². The third-order valence-corrected chi connectivity index (χ3v) is 5.74. The van der Waals surface area contributed by atoms with Crippen molar-refractivity contribution in [2.24, 2.45) is 5.92 Å². The van der Waals surface area contributed by atoms with Crippen LogP contribution in [0.5, 0.6) is 0 Å². The molecule has 3 nitrogen and oxygen atoms in total. The molecule has 1 unspecified atom stereocenters. The van der Waals surface area contributed by atoms with Crippen molar-refractivity contribution in [3.05, 3.63) is 77.2 Å². The molecule has 2 aromatic carbocycles. The molecule has 0 aliphatic rings. The van der Waals surface area contributed by atoms with E-state index in [4.69, 9.17) is 23.2 Å². The van der Waals surface area contributed by atoms with Crippen LogP contribution in [0, 0.1) is 5.92 Å². The fourth-order valence-corrected chi connectivity index (χ4v) is 4.35. The summed E-state index contributed by atoms with van der Waals surface area (Å²) in [6.07, 6.45) is 6.04. The Morgan fingerprint density at radius 3 is 2.33 bits per heavy atom. The maximum Gasteiger partial charge on any atom is 0.0487 e. The molecule has 2 heterocycles. The number of hydrogen-bond acceptors (Lipinski definition) is 2. The molecule has 0 aliphatic carbocycles. The van der Waals surface area contributed by atoms with Crippen LogP contribution < -0.4 is 0 Å². The molecule has 0 spiro atoms. The van der Waals surface area contributed by atoms with Gasteiger partial charge in [-0.25, -0.2) is 0 Å². The molecule has 0 amide bonds. The number of hydrogen-bond donors (Lipinski definition) is 0. The Labute approximate surface area is 187 Å². The Kier molecular flexibility index (Phi) is 6.14. The van der Waals surface area contributed by atoms with Gasteiger partial charge in [0.05, 0.1) is 0 Å². The van der Waals surface area contributed by atoms with Crippen LogP contribution in [0.3, 0.4) is 0 Å². The Morgan fingerprint density at radius 2 is 1.60 bits per heavy atom. The van der Waals surface area contributed by atoms with Crippen molar-refractivity contribution < 1.29 is 0 Å². The summed E-state index contributed by atoms with van der Waals surface area (Å²) in [5, 5.41) is 2.62. The zero-order chi connectivity index (χ0) is 21.3. The van der Waals surface area contributed by atoms with Crippen molar-refractivity contribution in [2.75, 3.05) is 20.6 Å². The monoisotopic (exact) mass is 437 g/mol. The molecule has 4 rings (SSSR count). The highest BCUT2D eigenvalue weighted by Gasteiger charge is 2.14. The fourth-order valence-electron chi connectivity index (χ4n) is 4.05. The zero-order valence-electron chi connectivity index (χ0n) is 17.4. The summed E-state index contributed by atoms with van der Waals surface area (Å²) in [7, 11) is 4.23. The highest BCUT2D eigenvalue weighted by Crippen LogP contribution is 2.34. The maximum atomic E-state index is 6.36. The van der Waals surface area contributed by atoms with Gasteiger partial charge in [-0.2, -0.15) is 0 Å². The minimum Gasteiger partial charge on any atom is -0.347 e. The molecule has 0 N–H and O–H groups in total. The SMILES string of the molecule is CC(CN(C)C)Cn1cc(-c2cncc(-c3ccc(Cl)cc3)c2)c2cc(Cl)ccc21. The number of halogens is 2. The smallest absolute Gasteiger partial charge is 0.0487 e. The number of fused-ring (bicyclic) bond motifs is 1. The lowest BCUT2D eigenvalue weighted by molar-refractivity contribution is 0.318. The van der Waals surface area contributed by atoms with Crippen LogP contribution in [0.1, 0.15) is 6.92 Å². The van der Waals surface area contributed by atoms with E-state index in [1.165, 1.54) is 5.52 Å². The number of pyridine rings is 1. The van der Waals surface area contributed by atoms with Crippen LogP contribution in [0.15, 0.2) is 67.1 Å². The molecule has 4 aromatic rings. The molecule has 0 radical (unpaired) electrons. The van der Waals surface area contributed by atoms with Gasteiger partial charge in [-0.15, -0.1) is 0 Å². The highest BCUT2D eigenvalue weighted by molar-refractivity contribution is 6.31. The van der Waals surface area contributed by atoms with E-state index >= 15 is 0 Å². The van der Waals surface area contributed by atoms with E-state index in [9.17, 15) is 0 Å². The van der Waals surface area contributed by atoms with Crippen LogP contribution in [0.2, 0.25) is 10.0 Å². The van der Waals surface area contributed by atoms with E-state index in [-0.39, 0.29) is 0 Å². The Balaban J connectivity index is 1.78. The predicted octanol–water partition coefficient (Wildman–Crippen LogP) is 6.87. The van der Waals surface area contributed by atoms with Crippen LogP contribution in [-0.4, -0.2) is 35.1 Å². The van der Waals surface area contributed by atoms with Crippen LogP contribution in [0.4, 0.5) is 0 Å². The standard InChI is InChI=1S/C25H25Cl2N3/c1-17(14-29(2)3)15-30-16-24(23-11-22(27)8-9-25(23)30)20-10-19(12-28-13-20)18-4-6-21(26)7-5-18/h4-13,16-17H,14-15H2,1-3H3. The maximum absolute atomic E-state index is 6.36. The van der Waals surface area contributed by atoms with Gasteiger partial charge >= 0.3 is 0 Å². The molecule has 0 bridgehead atoms. The normalized spacial score (nSPS) is 12.6. The lowest BCUT2D eigenvalue weighted by Crippen LogP contribution is -2.22. The molecule has 5 heteroatoms. The van der Waals surface area contributed by atoms with E-state index in [1.807, 2.05) is 48.8 Å². The van der Waals surface area contributed by atoms with Gasteiger partial charge in [0.2, 0.25) is 0 Å². The Morgan fingerprint density at radius 1 is 0.900 bits per heavy atom. The van der Waals surface area contributed by atoms with E-state index in [0.29, 0.717) is 5.92 Å². The zero-order valence-corrected chi connectivity index (χ0v) is 19.0. The number of benzene rings is 2. The summed E-state index contributed by atoms with van der Waals surface area (Å²) in [4.78, 5) is 6.75. The summed E-state index contributed by atoms with van der Waals surface area (Å²) in [5.74, 6) is 0.526. The van der Waals surface area contributed by atoms with Crippen LogP contribution >= 0.6 is 23.2 Å². The summed E-state index contributed by atoms with van der Waals surface area (Å²) < 4.78 is 2.34. The number of rotatable bonds is 6. The van der Waals surface area contributed by atoms with E-state index in [2.05, 4.69) is 53.8 Å². The molecule has 2 aromatic heterocycles. The summed E-state index contributed by atoms with van der Waals surface area (Å²) in [6, 6.07) is 16.2. The second-order valence-corrected chi connectivity index (χ2v) is 9.07. The largest absolute Gasteiger partial charge is 0.347 e. The summed E-state index contributed by atoms with van der Waals surface area (Å²) in [6.45, 7) is 4.26. The summed E-state index contributed by atoms with van der Waals surface area (Å²) in [5.41, 5.74) is 5.57. The van der Waals surface area contributed by atoms with E-state index in [0.717, 1.165) is 50.8 Å². The van der Waals surface area contributed by atoms with Crippen LogP contribution in [0.25, 0.3) is 33.2 Å². The average Bonchev–Trinajstić information content (AvgIpc) is 3.05. The van der Waals surface area contributed by atoms with Gasteiger partial charge in [-0.1, -0.05) is 42.3 Å². The molecular weight excluding hydrogens is 413 g/mol. The van der Waals surface area contributed by atoms with Crippen molar-refractivity contribution in [3.8, 4) is 22.3 Å². The second kappa shape index (κ2) is 8.81. The van der Waals surface area contributed by atoms with Crippen molar-refractivity contribution in [1.82, 2.24) is 14.5 Å². The van der Waals surface area contributed by atoms with Crippen molar-refractivity contribution in [1.29, 1.82) is 0 Å². The number of aromatic nitrogens is 2. The van der Waals surface area contributed by atoms with Crippen molar-refractivity contribution in [2.45, 2.75) is 13.5 Å². The first kappa shape index (κ1) is 20.9. The first-order chi connectivity index (χ1) is 14.4. The Bertz CT molecular complexity index is 1160. The van der Waals surface area contributed by atoms with Gasteiger partial charge in [0.1, 0.15) is 0 Å². The molecule has 0 aliphatic heterocycles. The highest BCUT2D eigenvalue weighted by atomic mass is 35.5. The topological polar surface area (TPSA) is 21.1 Å². The lowest BCUT2D eigenvalue weighted by atomic mass is 10.0. The third-order valence-electron chi connectivity index (χ3n) is 5.26. The quantitative estimate of drug-likeness (QED) is 0.327. The van der Waals surface area contributed by atoms with Crippen LogP contribution in [-0.2, 0) is 6.54 Å². The number of nitrogens with zero attached hydrogens (tertiary/aromatic N) is 3. The van der Waals surface area contributed by atoms with E-state index in [1.54, 1.807) is 0 Å². The average molecular weight is 438 g/mol.